The molecule has 0 saturated heterocycles. The zero-order valence-corrected chi connectivity index (χ0v) is 9.54. The molecule has 3 rings (SSSR count). The van der Waals surface area contributed by atoms with E-state index < -0.39 is 0 Å². The van der Waals surface area contributed by atoms with Crippen LogP contribution in [-0.4, -0.2) is 0 Å². The number of benzene rings is 1. The predicted octanol–water partition coefficient (Wildman–Crippen LogP) is 3.75. The first-order valence-electron chi connectivity index (χ1n) is 4.84. The van der Waals surface area contributed by atoms with E-state index in [0.717, 1.165) is 33.8 Å². The minimum absolute atomic E-state index is 0.265. The van der Waals surface area contributed by atoms with Crippen molar-refractivity contribution in [1.82, 2.24) is 0 Å². The number of nitrogens with zero attached hydrogens (tertiary/aromatic N) is 1. The first kappa shape index (κ1) is 8.99. The summed E-state index contributed by atoms with van der Waals surface area (Å²) in [5.41, 5.74) is 1.63. The topological polar surface area (TPSA) is 36.9 Å². The van der Waals surface area contributed by atoms with Gasteiger partial charge in [0.1, 0.15) is 5.58 Å². The number of furan rings is 1. The number of halogens is 1. The first-order valence-corrected chi connectivity index (χ1v) is 5.63. The molecule has 0 aliphatic heterocycles. The average molecular weight is 262 g/mol. The Kier molecular flexibility index (Phi) is 1.72. The molecule has 1 saturated carbocycles. The second-order valence-corrected chi connectivity index (χ2v) is 4.90. The highest BCUT2D eigenvalue weighted by molar-refractivity contribution is 9.10. The van der Waals surface area contributed by atoms with Crippen LogP contribution in [0.2, 0.25) is 0 Å². The smallest absolute Gasteiger partial charge is 0.135 e. The highest BCUT2D eigenvalue weighted by atomic mass is 79.9. The summed E-state index contributed by atoms with van der Waals surface area (Å²) in [5.74, 6) is 0. The van der Waals surface area contributed by atoms with Crippen molar-refractivity contribution in [2.45, 2.75) is 18.3 Å². The van der Waals surface area contributed by atoms with E-state index in [9.17, 15) is 0 Å². The van der Waals surface area contributed by atoms with Gasteiger partial charge in [-0.05, 0) is 31.0 Å². The molecule has 0 radical (unpaired) electrons. The molecule has 2 nitrogen and oxygen atoms in total. The molecule has 0 amide bonds. The maximum Gasteiger partial charge on any atom is 0.135 e. The molecular weight excluding hydrogens is 254 g/mol. The highest BCUT2D eigenvalue weighted by Gasteiger charge is 2.46. The lowest BCUT2D eigenvalue weighted by atomic mass is 9.97. The van der Waals surface area contributed by atoms with Crippen molar-refractivity contribution < 1.29 is 4.42 Å². The van der Waals surface area contributed by atoms with E-state index in [1.807, 2.05) is 18.2 Å². The van der Waals surface area contributed by atoms with Gasteiger partial charge >= 0.3 is 0 Å². The van der Waals surface area contributed by atoms with Gasteiger partial charge in [-0.1, -0.05) is 15.9 Å². The van der Waals surface area contributed by atoms with Crippen molar-refractivity contribution >= 4 is 26.9 Å². The van der Waals surface area contributed by atoms with Crippen LogP contribution in [0.1, 0.15) is 18.4 Å². The zero-order valence-electron chi connectivity index (χ0n) is 7.96. The Hall–Kier alpha value is -1.27. The van der Waals surface area contributed by atoms with Gasteiger partial charge in [0, 0.05) is 15.4 Å². The SMILES string of the molecule is N#CC1(c2coc3cc(Br)ccc23)CC1. The summed E-state index contributed by atoms with van der Waals surface area (Å²) < 4.78 is 6.47. The van der Waals surface area contributed by atoms with Crippen molar-refractivity contribution in [3.63, 3.8) is 0 Å². The second kappa shape index (κ2) is 2.86. The molecule has 1 fully saturated rings. The van der Waals surface area contributed by atoms with E-state index in [-0.39, 0.29) is 5.41 Å². The van der Waals surface area contributed by atoms with Gasteiger partial charge < -0.3 is 4.42 Å². The molecule has 15 heavy (non-hydrogen) atoms. The van der Waals surface area contributed by atoms with Crippen molar-refractivity contribution in [2.24, 2.45) is 0 Å². The Morgan fingerprint density at radius 1 is 1.40 bits per heavy atom. The molecule has 1 aliphatic rings. The Morgan fingerprint density at radius 2 is 2.20 bits per heavy atom. The van der Waals surface area contributed by atoms with E-state index in [1.165, 1.54) is 0 Å². The number of hydrogen-bond donors (Lipinski definition) is 0. The summed E-state index contributed by atoms with van der Waals surface area (Å²) in [4.78, 5) is 0. The van der Waals surface area contributed by atoms with Crippen LogP contribution < -0.4 is 0 Å². The molecule has 1 aliphatic carbocycles. The minimum atomic E-state index is -0.265. The van der Waals surface area contributed by atoms with Crippen LogP contribution in [0.5, 0.6) is 0 Å². The monoisotopic (exact) mass is 261 g/mol. The number of rotatable bonds is 1. The van der Waals surface area contributed by atoms with Crippen molar-refractivity contribution in [2.75, 3.05) is 0 Å². The van der Waals surface area contributed by atoms with Crippen LogP contribution in [0.4, 0.5) is 0 Å². The van der Waals surface area contributed by atoms with Crippen molar-refractivity contribution in [3.8, 4) is 6.07 Å². The molecule has 1 aromatic carbocycles. The lowest BCUT2D eigenvalue weighted by molar-refractivity contribution is 0.607. The fourth-order valence-corrected chi connectivity index (χ4v) is 2.28. The van der Waals surface area contributed by atoms with Gasteiger partial charge in [0.15, 0.2) is 0 Å². The lowest BCUT2D eigenvalue weighted by Crippen LogP contribution is -2.00. The number of nitriles is 1. The van der Waals surface area contributed by atoms with Crippen LogP contribution in [0.3, 0.4) is 0 Å². The van der Waals surface area contributed by atoms with Gasteiger partial charge in [0.05, 0.1) is 17.7 Å². The summed E-state index contributed by atoms with van der Waals surface area (Å²) in [6.07, 6.45) is 3.63. The molecule has 2 aromatic rings. The summed E-state index contributed by atoms with van der Waals surface area (Å²) in [7, 11) is 0. The summed E-state index contributed by atoms with van der Waals surface area (Å²) in [6.45, 7) is 0. The third-order valence-electron chi connectivity index (χ3n) is 3.02. The van der Waals surface area contributed by atoms with E-state index in [2.05, 4.69) is 22.0 Å². The third kappa shape index (κ3) is 1.22. The predicted molar refractivity (Wildman–Crippen MR) is 60.4 cm³/mol. The van der Waals surface area contributed by atoms with E-state index >= 15 is 0 Å². The van der Waals surface area contributed by atoms with E-state index in [1.54, 1.807) is 6.26 Å². The molecule has 0 bridgehead atoms. The van der Waals surface area contributed by atoms with Crippen LogP contribution in [0.25, 0.3) is 11.0 Å². The van der Waals surface area contributed by atoms with Crippen LogP contribution in [0, 0.1) is 11.3 Å². The summed E-state index contributed by atoms with van der Waals surface area (Å²) in [6, 6.07) is 8.32. The van der Waals surface area contributed by atoms with Gasteiger partial charge in [0.25, 0.3) is 0 Å². The largest absolute Gasteiger partial charge is 0.464 e. The maximum atomic E-state index is 9.14. The van der Waals surface area contributed by atoms with Gasteiger partial charge in [-0.25, -0.2) is 0 Å². The highest BCUT2D eigenvalue weighted by Crippen LogP contribution is 2.50. The summed E-state index contributed by atoms with van der Waals surface area (Å²) >= 11 is 3.40. The Bertz CT molecular complexity index is 575. The maximum absolute atomic E-state index is 9.14. The van der Waals surface area contributed by atoms with E-state index in [4.69, 9.17) is 9.68 Å². The van der Waals surface area contributed by atoms with Gasteiger partial charge in [-0.2, -0.15) is 5.26 Å². The van der Waals surface area contributed by atoms with Crippen LogP contribution in [-0.2, 0) is 5.41 Å². The van der Waals surface area contributed by atoms with E-state index in [0.29, 0.717) is 0 Å². The molecule has 1 aromatic heterocycles. The normalized spacial score (nSPS) is 17.6. The van der Waals surface area contributed by atoms with Crippen molar-refractivity contribution in [3.05, 3.63) is 34.5 Å². The fraction of sp³-hybridized carbons (Fsp3) is 0.250. The van der Waals surface area contributed by atoms with Gasteiger partial charge in [-0.3, -0.25) is 0 Å². The van der Waals surface area contributed by atoms with Crippen LogP contribution >= 0.6 is 15.9 Å². The quantitative estimate of drug-likeness (QED) is 0.784. The zero-order chi connectivity index (χ0) is 10.5. The third-order valence-corrected chi connectivity index (χ3v) is 3.51. The van der Waals surface area contributed by atoms with Gasteiger partial charge in [0.2, 0.25) is 0 Å². The Morgan fingerprint density at radius 3 is 2.87 bits per heavy atom. The number of fused-ring (bicyclic) bond motifs is 1. The lowest BCUT2D eigenvalue weighted by Gasteiger charge is -2.01. The molecular formula is C12H8BrNO. The Balaban J connectivity index is 2.26. The van der Waals surface area contributed by atoms with Crippen LogP contribution in [0.15, 0.2) is 33.4 Å². The molecule has 0 atom stereocenters. The second-order valence-electron chi connectivity index (χ2n) is 3.98. The molecule has 0 spiro atoms. The number of hydrogen-bond acceptors (Lipinski definition) is 2. The Labute approximate surface area is 95.6 Å². The summed E-state index contributed by atoms with van der Waals surface area (Å²) in [5, 5.41) is 10.2. The standard InChI is InChI=1S/C12H8BrNO/c13-8-1-2-9-10(6-15-11(9)5-8)12(7-14)3-4-12/h1-2,5-6H,3-4H2. The minimum Gasteiger partial charge on any atom is -0.464 e. The first-order chi connectivity index (χ1) is 7.25. The molecule has 0 unspecified atom stereocenters. The average Bonchev–Trinajstić information content (AvgIpc) is 2.93. The van der Waals surface area contributed by atoms with Crippen molar-refractivity contribution in [1.29, 1.82) is 5.26 Å². The fourth-order valence-electron chi connectivity index (χ4n) is 1.94. The molecule has 1 heterocycles. The molecule has 3 heteroatoms. The van der Waals surface area contributed by atoms with Gasteiger partial charge in [-0.15, -0.1) is 0 Å². The molecule has 74 valence electrons. The molecule has 0 N–H and O–H groups in total.